The maximum atomic E-state index is 13.8. The number of halogens is 1. The van der Waals surface area contributed by atoms with Crippen LogP contribution in [-0.2, 0) is 25.6 Å². The van der Waals surface area contributed by atoms with E-state index in [0.29, 0.717) is 6.54 Å². The highest BCUT2D eigenvalue weighted by molar-refractivity contribution is 9.10. The molecule has 3 saturated heterocycles. The van der Waals surface area contributed by atoms with E-state index < -0.39 is 24.0 Å². The molecule has 3 fully saturated rings. The van der Waals surface area contributed by atoms with Crippen molar-refractivity contribution >= 4 is 33.4 Å². The van der Waals surface area contributed by atoms with Gasteiger partial charge in [-0.25, -0.2) is 0 Å². The van der Waals surface area contributed by atoms with Crippen LogP contribution in [0, 0.1) is 6.92 Å². The van der Waals surface area contributed by atoms with Crippen molar-refractivity contribution in [2.75, 3.05) is 11.4 Å². The van der Waals surface area contributed by atoms with Crippen molar-refractivity contribution in [3.05, 3.63) is 100 Å². The van der Waals surface area contributed by atoms with Crippen molar-refractivity contribution in [1.82, 2.24) is 4.90 Å². The lowest BCUT2D eigenvalue weighted by atomic mass is 9.73. The quantitative estimate of drug-likeness (QED) is 0.481. The monoisotopic (exact) mass is 518 g/mol. The molecule has 2 amide bonds. The maximum absolute atomic E-state index is 13.8. The van der Waals surface area contributed by atoms with E-state index in [1.54, 1.807) is 9.80 Å². The fourth-order valence-electron chi connectivity index (χ4n) is 5.20. The molecule has 172 valence electrons. The van der Waals surface area contributed by atoms with E-state index in [1.165, 1.54) is 0 Å². The number of carbonyl (C=O) groups is 2. The van der Waals surface area contributed by atoms with Crippen LogP contribution in [0.15, 0.2) is 83.3 Å². The molecule has 3 heterocycles. The van der Waals surface area contributed by atoms with Crippen LogP contribution in [0.25, 0.3) is 0 Å². The minimum atomic E-state index is -1.38. The molecule has 34 heavy (non-hydrogen) atoms. The number of ether oxygens (including phenoxy) is 2. The van der Waals surface area contributed by atoms with E-state index in [0.717, 1.165) is 26.9 Å². The summed E-state index contributed by atoms with van der Waals surface area (Å²) >= 11 is 3.49. The Kier molecular flexibility index (Phi) is 5.09. The van der Waals surface area contributed by atoms with Crippen LogP contribution in [-0.4, -0.2) is 41.3 Å². The van der Waals surface area contributed by atoms with Crippen molar-refractivity contribution in [2.45, 2.75) is 37.5 Å². The lowest BCUT2D eigenvalue weighted by molar-refractivity contribution is -0.164. The minimum absolute atomic E-state index is 0.211. The van der Waals surface area contributed by atoms with Crippen LogP contribution in [0.4, 0.5) is 5.69 Å². The number of hydrogen-bond acceptors (Lipinski definition) is 4. The number of aryl methyl sites for hydroxylation is 1. The van der Waals surface area contributed by atoms with Crippen molar-refractivity contribution in [2.24, 2.45) is 0 Å². The van der Waals surface area contributed by atoms with Crippen LogP contribution >= 0.6 is 15.9 Å². The van der Waals surface area contributed by atoms with Gasteiger partial charge in [-0.1, -0.05) is 76.1 Å². The third-order valence-corrected chi connectivity index (χ3v) is 7.37. The van der Waals surface area contributed by atoms with Gasteiger partial charge in [-0.05, 0) is 42.3 Å². The van der Waals surface area contributed by atoms with Gasteiger partial charge < -0.3 is 14.4 Å². The molecule has 3 aromatic rings. The maximum Gasteiger partial charge on any atom is 0.265 e. The summed E-state index contributed by atoms with van der Waals surface area (Å²) in [6.07, 6.45) is -1.63. The number of nitrogens with zero attached hydrogens (tertiary/aromatic N) is 2. The lowest BCUT2D eigenvalue weighted by Gasteiger charge is -2.54. The molecular weight excluding hydrogens is 496 g/mol. The second-order valence-corrected chi connectivity index (χ2v) is 9.94. The van der Waals surface area contributed by atoms with Gasteiger partial charge in [0.15, 0.2) is 12.4 Å². The topological polar surface area (TPSA) is 59.1 Å². The number of hydrogen-bond donors (Lipinski definition) is 0. The number of amides is 2. The molecule has 0 radical (unpaired) electrons. The summed E-state index contributed by atoms with van der Waals surface area (Å²) in [5.41, 5.74) is 2.41. The Morgan fingerprint density at radius 2 is 1.68 bits per heavy atom. The van der Waals surface area contributed by atoms with E-state index >= 15 is 0 Å². The van der Waals surface area contributed by atoms with Gasteiger partial charge in [-0.3, -0.25) is 14.5 Å². The van der Waals surface area contributed by atoms with Gasteiger partial charge in [0.05, 0.1) is 6.54 Å². The van der Waals surface area contributed by atoms with Gasteiger partial charge in [0.1, 0.15) is 6.04 Å². The molecule has 0 saturated carbocycles. The zero-order valence-corrected chi connectivity index (χ0v) is 20.1. The summed E-state index contributed by atoms with van der Waals surface area (Å²) in [4.78, 5) is 30.9. The van der Waals surface area contributed by atoms with Crippen LogP contribution in [0.3, 0.4) is 0 Å². The number of rotatable bonds is 4. The predicted octanol–water partition coefficient (Wildman–Crippen LogP) is 4.37. The first-order valence-electron chi connectivity index (χ1n) is 11.3. The van der Waals surface area contributed by atoms with Crippen molar-refractivity contribution in [3.63, 3.8) is 0 Å². The molecule has 6 nitrogen and oxygen atoms in total. The smallest absolute Gasteiger partial charge is 0.265 e. The Labute approximate surface area is 206 Å². The molecule has 7 heteroatoms. The van der Waals surface area contributed by atoms with Gasteiger partial charge in [0.25, 0.3) is 11.8 Å². The first kappa shape index (κ1) is 21.5. The van der Waals surface area contributed by atoms with Gasteiger partial charge in [0, 0.05) is 16.7 Å². The minimum Gasteiger partial charge on any atom is -0.334 e. The van der Waals surface area contributed by atoms with Gasteiger partial charge in [-0.15, -0.1) is 0 Å². The number of carbonyl (C=O) groups excluding carboxylic acids is 2. The summed E-state index contributed by atoms with van der Waals surface area (Å²) in [6, 6.07) is 24.9. The Balaban J connectivity index is 1.38. The first-order chi connectivity index (χ1) is 16.5. The van der Waals surface area contributed by atoms with E-state index in [1.807, 2.05) is 85.8 Å². The molecular formula is C27H23BrN2O4. The van der Waals surface area contributed by atoms with Gasteiger partial charge >= 0.3 is 0 Å². The van der Waals surface area contributed by atoms with Crippen LogP contribution in [0.1, 0.15) is 22.7 Å². The van der Waals surface area contributed by atoms with Gasteiger partial charge in [0.2, 0.25) is 5.60 Å². The first-order valence-corrected chi connectivity index (χ1v) is 12.1. The molecule has 4 atom stereocenters. The Morgan fingerprint density at radius 1 is 0.971 bits per heavy atom. The van der Waals surface area contributed by atoms with Crippen LogP contribution < -0.4 is 4.90 Å². The highest BCUT2D eigenvalue weighted by Crippen LogP contribution is 2.55. The zero-order valence-electron chi connectivity index (χ0n) is 18.6. The van der Waals surface area contributed by atoms with Crippen LogP contribution in [0.2, 0.25) is 0 Å². The van der Waals surface area contributed by atoms with E-state index in [4.69, 9.17) is 9.47 Å². The van der Waals surface area contributed by atoms with Crippen molar-refractivity contribution < 1.29 is 19.1 Å². The molecule has 0 N–H and O–H groups in total. The molecule has 0 aromatic heterocycles. The predicted molar refractivity (Wildman–Crippen MR) is 130 cm³/mol. The van der Waals surface area contributed by atoms with Crippen molar-refractivity contribution in [1.29, 1.82) is 0 Å². The molecule has 2 bridgehead atoms. The van der Waals surface area contributed by atoms with Crippen molar-refractivity contribution in [3.8, 4) is 0 Å². The largest absolute Gasteiger partial charge is 0.334 e. The SMILES string of the molecule is Cc1ccc(N2C(=O)[C@@]3(O[C@H]4CN(Cc5ccccc5)C(=O)[C@@H]3O4)[C@H]2c2ccc(Br)cc2)cc1. The second-order valence-electron chi connectivity index (χ2n) is 9.03. The number of benzene rings is 3. The van der Waals surface area contributed by atoms with E-state index in [9.17, 15) is 9.59 Å². The molecule has 0 unspecified atom stereocenters. The fraction of sp³-hybridized carbons (Fsp3) is 0.259. The number of fused-ring (bicyclic) bond motifs is 3. The summed E-state index contributed by atoms with van der Waals surface area (Å²) in [5.74, 6) is -0.455. The van der Waals surface area contributed by atoms with Crippen LogP contribution in [0.5, 0.6) is 0 Å². The average Bonchev–Trinajstić information content (AvgIpc) is 3.20. The summed E-state index contributed by atoms with van der Waals surface area (Å²) in [5, 5.41) is 0. The average molecular weight is 519 g/mol. The van der Waals surface area contributed by atoms with E-state index in [-0.39, 0.29) is 18.4 Å². The Morgan fingerprint density at radius 3 is 2.38 bits per heavy atom. The third kappa shape index (κ3) is 3.22. The highest BCUT2D eigenvalue weighted by atomic mass is 79.9. The van der Waals surface area contributed by atoms with Gasteiger partial charge in [-0.2, -0.15) is 0 Å². The Bertz CT molecular complexity index is 1250. The number of anilines is 1. The lowest BCUT2D eigenvalue weighted by Crippen LogP contribution is -2.74. The highest BCUT2D eigenvalue weighted by Gasteiger charge is 2.75. The molecule has 6 rings (SSSR count). The summed E-state index contributed by atoms with van der Waals surface area (Å²) in [6.45, 7) is 2.75. The number of β-lactam (4-membered cyclic amide) rings is 1. The molecule has 3 aromatic carbocycles. The normalized spacial score (nSPS) is 27.9. The number of morpholine rings is 1. The van der Waals surface area contributed by atoms with E-state index in [2.05, 4.69) is 15.9 Å². The molecule has 0 aliphatic carbocycles. The molecule has 3 aliphatic rings. The Hall–Kier alpha value is -3.00. The molecule has 1 spiro atoms. The summed E-state index contributed by atoms with van der Waals surface area (Å²) in [7, 11) is 0. The second kappa shape index (κ2) is 8.05. The fourth-order valence-corrected chi connectivity index (χ4v) is 5.46. The summed E-state index contributed by atoms with van der Waals surface area (Å²) < 4.78 is 13.3. The standard InChI is InChI=1S/C27H23BrN2O4/c1-17-7-13-21(14-8-17)30-23(19-9-11-20(28)12-10-19)27(26(30)32)24-25(31)29(16-22(33-24)34-27)15-18-5-3-2-4-6-18/h2-14,22-24H,15-16H2,1H3/t22-,23+,24-,27+/m0/s1. The molecule has 3 aliphatic heterocycles. The zero-order chi connectivity index (χ0) is 23.4. The third-order valence-electron chi connectivity index (χ3n) is 6.84.